The van der Waals surface area contributed by atoms with Gasteiger partial charge in [-0.1, -0.05) is 18.5 Å². The van der Waals surface area contributed by atoms with Gasteiger partial charge in [-0.05, 0) is 35.9 Å². The lowest BCUT2D eigenvalue weighted by Crippen LogP contribution is -2.30. The Balaban J connectivity index is 2.33. The summed E-state index contributed by atoms with van der Waals surface area (Å²) in [5, 5.41) is 0.339. The molecule has 0 saturated heterocycles. The molecule has 1 aromatic heterocycles. The highest BCUT2D eigenvalue weighted by Crippen LogP contribution is 2.25. The molecular formula is C14H16ClN3O2S. The summed E-state index contributed by atoms with van der Waals surface area (Å²) in [6, 6.07) is 7.91. The maximum atomic E-state index is 12.6. The van der Waals surface area contributed by atoms with E-state index in [1.807, 2.05) is 0 Å². The van der Waals surface area contributed by atoms with Gasteiger partial charge >= 0.3 is 0 Å². The molecule has 0 aliphatic rings. The highest BCUT2D eigenvalue weighted by Gasteiger charge is 2.23. The third kappa shape index (κ3) is 3.53. The Morgan fingerprint density at radius 3 is 2.48 bits per heavy atom. The van der Waals surface area contributed by atoms with Gasteiger partial charge in [0.1, 0.15) is 0 Å². The van der Waals surface area contributed by atoms with Crippen LogP contribution < -0.4 is 5.73 Å². The van der Waals surface area contributed by atoms with Crippen molar-refractivity contribution in [1.82, 2.24) is 9.29 Å². The maximum Gasteiger partial charge on any atom is 0.243 e. The number of hydrogen-bond donors (Lipinski definition) is 1. The Labute approximate surface area is 129 Å². The van der Waals surface area contributed by atoms with Crippen molar-refractivity contribution in [1.29, 1.82) is 0 Å². The number of halogens is 1. The van der Waals surface area contributed by atoms with E-state index in [1.54, 1.807) is 31.5 Å². The molecule has 21 heavy (non-hydrogen) atoms. The molecule has 2 aromatic rings. The van der Waals surface area contributed by atoms with Crippen LogP contribution in [-0.4, -0.2) is 24.3 Å². The van der Waals surface area contributed by atoms with Crippen LogP contribution in [0.25, 0.3) is 0 Å². The minimum atomic E-state index is -3.61. The van der Waals surface area contributed by atoms with Crippen molar-refractivity contribution in [2.75, 3.05) is 12.3 Å². The van der Waals surface area contributed by atoms with E-state index in [9.17, 15) is 8.42 Å². The number of nitrogen functional groups attached to an aromatic ring is 1. The fraction of sp³-hybridized carbons (Fsp3) is 0.214. The zero-order valence-electron chi connectivity index (χ0n) is 11.5. The third-order valence-electron chi connectivity index (χ3n) is 3.07. The van der Waals surface area contributed by atoms with Crippen LogP contribution >= 0.6 is 11.6 Å². The molecule has 0 unspecified atom stereocenters. The second kappa shape index (κ2) is 6.43. The number of pyridine rings is 1. The molecule has 1 heterocycles. The SMILES string of the molecule is CCN(Cc1ccncc1)S(=O)(=O)c1ccc(Cl)c(N)c1. The highest BCUT2D eigenvalue weighted by molar-refractivity contribution is 7.89. The number of sulfonamides is 1. The van der Waals surface area contributed by atoms with E-state index in [2.05, 4.69) is 4.98 Å². The minimum absolute atomic E-state index is 0.139. The lowest BCUT2D eigenvalue weighted by atomic mass is 10.3. The molecule has 7 heteroatoms. The number of hydrogen-bond acceptors (Lipinski definition) is 4. The van der Waals surface area contributed by atoms with Crippen LogP contribution in [0.1, 0.15) is 12.5 Å². The van der Waals surface area contributed by atoms with Crippen LogP contribution in [0.2, 0.25) is 5.02 Å². The molecule has 0 amide bonds. The van der Waals surface area contributed by atoms with Gasteiger partial charge in [-0.25, -0.2) is 8.42 Å². The molecule has 5 nitrogen and oxygen atoms in total. The van der Waals surface area contributed by atoms with E-state index in [1.165, 1.54) is 22.5 Å². The van der Waals surface area contributed by atoms with Gasteiger partial charge in [-0.15, -0.1) is 0 Å². The van der Waals surface area contributed by atoms with Crippen molar-refractivity contribution < 1.29 is 8.42 Å². The maximum absolute atomic E-state index is 12.6. The molecule has 2 rings (SSSR count). The summed E-state index contributed by atoms with van der Waals surface area (Å²) < 4.78 is 26.7. The summed E-state index contributed by atoms with van der Waals surface area (Å²) in [5.41, 5.74) is 6.81. The summed E-state index contributed by atoms with van der Waals surface area (Å²) in [5.74, 6) is 0. The molecule has 0 saturated carbocycles. The molecule has 0 fully saturated rings. The fourth-order valence-electron chi connectivity index (χ4n) is 1.89. The van der Waals surface area contributed by atoms with Crippen molar-refractivity contribution in [3.63, 3.8) is 0 Å². The van der Waals surface area contributed by atoms with Crippen LogP contribution in [0, 0.1) is 0 Å². The van der Waals surface area contributed by atoms with Gasteiger partial charge in [0, 0.05) is 25.5 Å². The van der Waals surface area contributed by atoms with Gasteiger partial charge in [-0.2, -0.15) is 4.31 Å². The molecule has 0 aliphatic carbocycles. The predicted octanol–water partition coefficient (Wildman–Crippen LogP) is 2.53. The lowest BCUT2D eigenvalue weighted by Gasteiger charge is -2.21. The number of rotatable bonds is 5. The normalized spacial score (nSPS) is 11.8. The number of aromatic nitrogens is 1. The van der Waals surface area contributed by atoms with E-state index in [0.29, 0.717) is 11.6 Å². The molecule has 112 valence electrons. The molecule has 0 spiro atoms. The zero-order chi connectivity index (χ0) is 15.5. The van der Waals surface area contributed by atoms with Gasteiger partial charge in [0.2, 0.25) is 10.0 Å². The van der Waals surface area contributed by atoms with Crippen LogP contribution in [0.4, 0.5) is 5.69 Å². The molecule has 0 aliphatic heterocycles. The van der Waals surface area contributed by atoms with Gasteiger partial charge in [0.05, 0.1) is 15.6 Å². The first-order valence-electron chi connectivity index (χ1n) is 6.39. The Kier molecular flexibility index (Phi) is 4.82. The first-order chi connectivity index (χ1) is 9.95. The second-order valence-corrected chi connectivity index (χ2v) is 6.82. The summed E-state index contributed by atoms with van der Waals surface area (Å²) in [4.78, 5) is 4.06. The van der Waals surface area contributed by atoms with Crippen molar-refractivity contribution in [2.24, 2.45) is 0 Å². The molecule has 0 atom stereocenters. The number of nitrogens with zero attached hydrogens (tertiary/aromatic N) is 2. The van der Waals surface area contributed by atoms with E-state index < -0.39 is 10.0 Å². The van der Waals surface area contributed by atoms with E-state index in [4.69, 9.17) is 17.3 Å². The Bertz CT molecular complexity index is 720. The Hall–Kier alpha value is -1.63. The quantitative estimate of drug-likeness (QED) is 0.857. The summed E-state index contributed by atoms with van der Waals surface area (Å²) >= 11 is 5.83. The minimum Gasteiger partial charge on any atom is -0.397 e. The monoisotopic (exact) mass is 325 g/mol. The topological polar surface area (TPSA) is 76.3 Å². The second-order valence-electron chi connectivity index (χ2n) is 4.47. The van der Waals surface area contributed by atoms with E-state index in [0.717, 1.165) is 5.56 Å². The Morgan fingerprint density at radius 1 is 1.24 bits per heavy atom. The zero-order valence-corrected chi connectivity index (χ0v) is 13.1. The van der Waals surface area contributed by atoms with Crippen LogP contribution in [0.5, 0.6) is 0 Å². The largest absolute Gasteiger partial charge is 0.397 e. The molecule has 0 bridgehead atoms. The average Bonchev–Trinajstić information content (AvgIpc) is 2.48. The van der Waals surface area contributed by atoms with Crippen molar-refractivity contribution in [3.05, 3.63) is 53.3 Å². The summed E-state index contributed by atoms with van der Waals surface area (Å²) in [7, 11) is -3.61. The number of nitrogens with two attached hydrogens (primary N) is 1. The van der Waals surface area contributed by atoms with Crippen LogP contribution in [-0.2, 0) is 16.6 Å². The molecule has 0 radical (unpaired) electrons. The molecule has 2 N–H and O–H groups in total. The average molecular weight is 326 g/mol. The first-order valence-corrected chi connectivity index (χ1v) is 8.21. The highest BCUT2D eigenvalue weighted by atomic mass is 35.5. The Morgan fingerprint density at radius 2 is 1.90 bits per heavy atom. The fourth-order valence-corrected chi connectivity index (χ4v) is 3.48. The third-order valence-corrected chi connectivity index (χ3v) is 5.33. The summed E-state index contributed by atoms with van der Waals surface area (Å²) in [6.45, 7) is 2.43. The smallest absolute Gasteiger partial charge is 0.243 e. The molecular weight excluding hydrogens is 310 g/mol. The lowest BCUT2D eigenvalue weighted by molar-refractivity contribution is 0.423. The van der Waals surface area contributed by atoms with Crippen LogP contribution in [0.15, 0.2) is 47.6 Å². The van der Waals surface area contributed by atoms with Gasteiger partial charge < -0.3 is 5.73 Å². The van der Waals surface area contributed by atoms with Crippen molar-refractivity contribution in [3.8, 4) is 0 Å². The van der Waals surface area contributed by atoms with Gasteiger partial charge in [0.25, 0.3) is 0 Å². The van der Waals surface area contributed by atoms with Gasteiger partial charge in [-0.3, -0.25) is 4.98 Å². The predicted molar refractivity (Wildman–Crippen MR) is 83.4 cm³/mol. The standard InChI is InChI=1S/C14H16ClN3O2S/c1-2-18(10-11-5-7-17-8-6-11)21(19,20)12-3-4-13(15)14(16)9-12/h3-9H,2,10,16H2,1H3. The number of anilines is 1. The van der Waals surface area contributed by atoms with Crippen LogP contribution in [0.3, 0.4) is 0 Å². The van der Waals surface area contributed by atoms with Gasteiger partial charge in [0.15, 0.2) is 0 Å². The number of benzene rings is 1. The van der Waals surface area contributed by atoms with Crippen molar-refractivity contribution >= 4 is 27.3 Å². The van der Waals surface area contributed by atoms with Crippen molar-refractivity contribution in [2.45, 2.75) is 18.4 Å². The van der Waals surface area contributed by atoms with E-state index >= 15 is 0 Å². The first kappa shape index (κ1) is 15.8. The van der Waals surface area contributed by atoms with E-state index in [-0.39, 0.29) is 17.1 Å². The molecule has 1 aromatic carbocycles. The summed E-state index contributed by atoms with van der Waals surface area (Å²) in [6.07, 6.45) is 3.27.